The van der Waals surface area contributed by atoms with Gasteiger partial charge < -0.3 is 5.32 Å². The quantitative estimate of drug-likeness (QED) is 0.816. The first-order valence-electron chi connectivity index (χ1n) is 5.45. The van der Waals surface area contributed by atoms with Gasteiger partial charge in [-0.1, -0.05) is 6.07 Å². The van der Waals surface area contributed by atoms with Gasteiger partial charge in [-0.2, -0.15) is 5.10 Å². The van der Waals surface area contributed by atoms with E-state index in [0.29, 0.717) is 0 Å². The monoisotopic (exact) mass is 249 g/mol. The van der Waals surface area contributed by atoms with E-state index in [9.17, 15) is 4.79 Å². The average molecular weight is 249 g/mol. The van der Waals surface area contributed by atoms with Gasteiger partial charge in [0.25, 0.3) is 0 Å². The third-order valence-corrected chi connectivity index (χ3v) is 3.20. The van der Waals surface area contributed by atoms with Crippen LogP contribution in [-0.2, 0) is 4.79 Å². The number of hydrazone groups is 1. The molecule has 0 unspecified atom stereocenters. The number of thioether (sulfide) groups is 1. The lowest BCUT2D eigenvalue weighted by molar-refractivity contribution is -0.117. The number of carbonyl (C=O) groups excluding carboxylic acids is 1. The topological polar surface area (TPSA) is 44.7 Å². The van der Waals surface area contributed by atoms with Gasteiger partial charge in [0.15, 0.2) is 0 Å². The van der Waals surface area contributed by atoms with Crippen LogP contribution in [0.25, 0.3) is 0 Å². The molecule has 0 radical (unpaired) electrons. The molecule has 0 saturated heterocycles. The molecule has 90 valence electrons. The van der Waals surface area contributed by atoms with Gasteiger partial charge in [0.2, 0.25) is 5.91 Å². The Hall–Kier alpha value is -1.49. The van der Waals surface area contributed by atoms with Gasteiger partial charge in [0.05, 0.1) is 5.69 Å². The molecule has 1 aliphatic rings. The Bertz CT molecular complexity index is 459. The molecule has 0 atom stereocenters. The van der Waals surface area contributed by atoms with Gasteiger partial charge in [0, 0.05) is 24.8 Å². The Morgan fingerprint density at radius 3 is 3.06 bits per heavy atom. The molecule has 0 aliphatic carbocycles. The molecular weight excluding hydrogens is 234 g/mol. The van der Waals surface area contributed by atoms with Crippen molar-refractivity contribution in [3.63, 3.8) is 0 Å². The summed E-state index contributed by atoms with van der Waals surface area (Å²) in [7, 11) is 0. The first kappa shape index (κ1) is 12.0. The van der Waals surface area contributed by atoms with Crippen molar-refractivity contribution < 1.29 is 4.79 Å². The van der Waals surface area contributed by atoms with E-state index in [2.05, 4.69) is 28.8 Å². The number of rotatable bonds is 2. The van der Waals surface area contributed by atoms with Gasteiger partial charge in [0.1, 0.15) is 5.84 Å². The fourth-order valence-corrected chi connectivity index (χ4v) is 2.16. The zero-order valence-corrected chi connectivity index (χ0v) is 10.8. The largest absolute Gasteiger partial charge is 0.313 e. The van der Waals surface area contributed by atoms with Crippen molar-refractivity contribution in [2.75, 3.05) is 17.8 Å². The lowest BCUT2D eigenvalue weighted by Crippen LogP contribution is -2.26. The summed E-state index contributed by atoms with van der Waals surface area (Å²) in [6.45, 7) is 2.31. The molecule has 1 aromatic rings. The van der Waals surface area contributed by atoms with E-state index in [4.69, 9.17) is 0 Å². The molecule has 0 spiro atoms. The summed E-state index contributed by atoms with van der Waals surface area (Å²) < 4.78 is 0. The summed E-state index contributed by atoms with van der Waals surface area (Å²) in [5, 5.41) is 9.04. The molecule has 2 rings (SSSR count). The van der Waals surface area contributed by atoms with E-state index in [1.165, 1.54) is 11.8 Å². The van der Waals surface area contributed by atoms with Gasteiger partial charge in [-0.15, -0.1) is 11.8 Å². The number of nitrogens with zero attached hydrogens (tertiary/aromatic N) is 2. The number of hydrogen-bond donors (Lipinski definition) is 1. The van der Waals surface area contributed by atoms with Gasteiger partial charge in [-0.3, -0.25) is 9.80 Å². The lowest BCUT2D eigenvalue weighted by atomic mass is 10.3. The molecule has 5 heteroatoms. The van der Waals surface area contributed by atoms with Crippen molar-refractivity contribution >= 4 is 29.2 Å². The second-order valence-corrected chi connectivity index (χ2v) is 4.68. The highest BCUT2D eigenvalue weighted by atomic mass is 32.2. The number of amidine groups is 1. The second kappa shape index (κ2) is 5.23. The highest BCUT2D eigenvalue weighted by molar-refractivity contribution is 7.98. The number of hydrogen-bond acceptors (Lipinski definition) is 4. The van der Waals surface area contributed by atoms with Crippen LogP contribution in [0.3, 0.4) is 0 Å². The zero-order chi connectivity index (χ0) is 12.3. The van der Waals surface area contributed by atoms with E-state index in [0.717, 1.165) is 24.5 Å². The number of nitrogens with one attached hydrogen (secondary N) is 1. The van der Waals surface area contributed by atoms with Crippen molar-refractivity contribution in [2.45, 2.75) is 18.2 Å². The van der Waals surface area contributed by atoms with Crippen LogP contribution >= 0.6 is 11.8 Å². The molecule has 1 amide bonds. The predicted molar refractivity (Wildman–Crippen MR) is 71.4 cm³/mol. The van der Waals surface area contributed by atoms with Gasteiger partial charge in [-0.25, -0.2) is 0 Å². The van der Waals surface area contributed by atoms with E-state index in [1.807, 2.05) is 17.1 Å². The molecule has 1 N–H and O–H groups in total. The van der Waals surface area contributed by atoms with Crippen molar-refractivity contribution in [3.8, 4) is 0 Å². The van der Waals surface area contributed by atoms with Crippen molar-refractivity contribution in [2.24, 2.45) is 5.10 Å². The van der Waals surface area contributed by atoms with Crippen LogP contribution in [0.4, 0.5) is 5.69 Å². The summed E-state index contributed by atoms with van der Waals surface area (Å²) >= 11 is 1.71. The van der Waals surface area contributed by atoms with Gasteiger partial charge >= 0.3 is 0 Å². The fourth-order valence-electron chi connectivity index (χ4n) is 1.71. The molecule has 0 saturated carbocycles. The minimum absolute atomic E-state index is 0.0662. The molecule has 0 fully saturated rings. The molecule has 1 aliphatic heterocycles. The Balaban J connectivity index is 2.13. The number of anilines is 1. The van der Waals surface area contributed by atoms with Crippen molar-refractivity contribution in [1.82, 2.24) is 5.32 Å². The highest BCUT2D eigenvalue weighted by Crippen LogP contribution is 2.24. The molecule has 17 heavy (non-hydrogen) atoms. The summed E-state index contributed by atoms with van der Waals surface area (Å²) in [5.74, 6) is 0.676. The fraction of sp³-hybridized carbons (Fsp3) is 0.333. The van der Waals surface area contributed by atoms with Crippen LogP contribution in [0.5, 0.6) is 0 Å². The highest BCUT2D eigenvalue weighted by Gasteiger charge is 2.16. The number of carbonyl (C=O) groups is 1. The number of amides is 1. The minimum atomic E-state index is -0.0662. The van der Waals surface area contributed by atoms with Crippen LogP contribution in [0.2, 0.25) is 0 Å². The first-order chi connectivity index (χ1) is 8.19. The zero-order valence-electron chi connectivity index (χ0n) is 9.93. The third-order valence-electron chi connectivity index (χ3n) is 2.47. The van der Waals surface area contributed by atoms with Crippen LogP contribution in [0.1, 0.15) is 13.3 Å². The molecule has 1 aromatic carbocycles. The Kier molecular flexibility index (Phi) is 3.68. The average Bonchev–Trinajstić information content (AvgIpc) is 2.77. The first-order valence-corrected chi connectivity index (χ1v) is 6.68. The molecule has 0 bridgehead atoms. The maximum Gasteiger partial charge on any atom is 0.222 e. The summed E-state index contributed by atoms with van der Waals surface area (Å²) in [5.41, 5.74) is 1.07. The molecule has 1 heterocycles. The molecular formula is C12H15N3OS. The van der Waals surface area contributed by atoms with E-state index >= 15 is 0 Å². The summed E-state index contributed by atoms with van der Waals surface area (Å²) in [6.07, 6.45) is 2.83. The molecule has 0 aromatic heterocycles. The Morgan fingerprint density at radius 2 is 2.35 bits per heavy atom. The smallest absolute Gasteiger partial charge is 0.222 e. The second-order valence-electron chi connectivity index (χ2n) is 3.80. The standard InChI is InChI=1S/C12H15N3OS/c1-9(16)13-12-6-7-15(14-12)10-4-3-5-11(8-10)17-2/h3-5,8H,6-7H2,1-2H3,(H,13,14,16). The van der Waals surface area contributed by atoms with Crippen LogP contribution in [0, 0.1) is 0 Å². The van der Waals surface area contributed by atoms with Crippen LogP contribution in [-0.4, -0.2) is 24.5 Å². The summed E-state index contributed by atoms with van der Waals surface area (Å²) in [6, 6.07) is 8.22. The van der Waals surface area contributed by atoms with Gasteiger partial charge in [-0.05, 0) is 24.5 Å². The maximum absolute atomic E-state index is 10.9. The minimum Gasteiger partial charge on any atom is -0.313 e. The number of benzene rings is 1. The van der Waals surface area contributed by atoms with E-state index < -0.39 is 0 Å². The summed E-state index contributed by atoms with van der Waals surface area (Å²) in [4.78, 5) is 12.1. The van der Waals surface area contributed by atoms with Crippen LogP contribution < -0.4 is 10.3 Å². The van der Waals surface area contributed by atoms with Crippen LogP contribution in [0.15, 0.2) is 34.3 Å². The van der Waals surface area contributed by atoms with Crippen molar-refractivity contribution in [1.29, 1.82) is 0 Å². The Morgan fingerprint density at radius 1 is 1.53 bits per heavy atom. The third kappa shape index (κ3) is 3.00. The SMILES string of the molecule is CSc1cccc(N2CCC(NC(C)=O)=N2)c1. The van der Waals surface area contributed by atoms with E-state index in [-0.39, 0.29) is 5.91 Å². The Labute approximate surface area is 105 Å². The molecule has 4 nitrogen and oxygen atoms in total. The maximum atomic E-state index is 10.9. The van der Waals surface area contributed by atoms with Crippen molar-refractivity contribution in [3.05, 3.63) is 24.3 Å². The van der Waals surface area contributed by atoms with E-state index in [1.54, 1.807) is 11.8 Å². The predicted octanol–water partition coefficient (Wildman–Crippen LogP) is 2.07. The lowest BCUT2D eigenvalue weighted by Gasteiger charge is -2.13. The normalized spacial score (nSPS) is 14.7.